The highest BCUT2D eigenvalue weighted by Crippen LogP contribution is 2.25. The van der Waals surface area contributed by atoms with Crippen molar-refractivity contribution in [2.24, 2.45) is 5.41 Å². The van der Waals surface area contributed by atoms with Gasteiger partial charge < -0.3 is 9.30 Å². The number of nitrogens with zero attached hydrogens (tertiary/aromatic N) is 5. The third-order valence-corrected chi connectivity index (χ3v) is 7.97. The number of carbonyl (C=O) groups excluding carboxylic acids is 2. The van der Waals surface area contributed by atoms with Crippen LogP contribution < -0.4 is 5.56 Å². The molecule has 11 heteroatoms. The summed E-state index contributed by atoms with van der Waals surface area (Å²) in [7, 11) is 0. The first kappa shape index (κ1) is 30.3. The number of thiophene rings is 1. The molecular weight excluding hydrogens is 562 g/mol. The summed E-state index contributed by atoms with van der Waals surface area (Å²) in [4.78, 5) is 49.1. The zero-order valence-corrected chi connectivity index (χ0v) is 25.7. The topological polar surface area (TPSA) is 109 Å². The van der Waals surface area contributed by atoms with Crippen LogP contribution in [0.15, 0.2) is 41.3 Å². The van der Waals surface area contributed by atoms with E-state index >= 15 is 0 Å². The van der Waals surface area contributed by atoms with E-state index in [4.69, 9.17) is 16.3 Å². The maximum absolute atomic E-state index is 13.4. The molecule has 0 fully saturated rings. The van der Waals surface area contributed by atoms with E-state index in [-0.39, 0.29) is 31.0 Å². The highest BCUT2D eigenvalue weighted by molar-refractivity contribution is 7.16. The third kappa shape index (κ3) is 7.37. The minimum Gasteiger partial charge on any atom is -0.459 e. The number of pyridine rings is 1. The van der Waals surface area contributed by atoms with Gasteiger partial charge in [0, 0.05) is 28.7 Å². The summed E-state index contributed by atoms with van der Waals surface area (Å²) in [5.41, 5.74) is 3.46. The zero-order valence-electron chi connectivity index (χ0n) is 24.2. The quantitative estimate of drug-likeness (QED) is 0.227. The number of aryl methyl sites for hydroxylation is 6. The average Bonchev–Trinajstić information content (AvgIpc) is 3.53. The standard InChI is InChI=1S/C30H34ClN5O4S/c1-18-19(2)33-25(20(3)32-18)17-40-27(37)13-15-35-14-7-8-23(28(35)38)24-16-21(9-10-22-11-12-26(31)41-22)36(34-24)29(39)30(4,5)6/h7-8,11-12,14,16H,9-10,13,15,17H2,1-6H3. The number of hydrogen-bond acceptors (Lipinski definition) is 8. The molecule has 4 heterocycles. The number of ether oxygens (including phenoxy) is 1. The van der Waals surface area contributed by atoms with Gasteiger partial charge >= 0.3 is 5.97 Å². The molecule has 0 N–H and O–H groups in total. The fraction of sp³-hybridized carbons (Fsp3) is 0.400. The van der Waals surface area contributed by atoms with Gasteiger partial charge in [0.25, 0.3) is 11.5 Å². The minimum absolute atomic E-state index is 0.00620. The summed E-state index contributed by atoms with van der Waals surface area (Å²) in [6, 6.07) is 9.02. The molecular formula is C30H34ClN5O4S. The van der Waals surface area contributed by atoms with Gasteiger partial charge in [0.2, 0.25) is 0 Å². The van der Waals surface area contributed by atoms with Gasteiger partial charge in [0.05, 0.1) is 44.8 Å². The van der Waals surface area contributed by atoms with Crippen molar-refractivity contribution in [1.29, 1.82) is 0 Å². The molecule has 216 valence electrons. The lowest BCUT2D eigenvalue weighted by atomic mass is 9.95. The lowest BCUT2D eigenvalue weighted by molar-refractivity contribution is -0.145. The van der Waals surface area contributed by atoms with Crippen LogP contribution in [-0.4, -0.2) is 36.2 Å². The summed E-state index contributed by atoms with van der Waals surface area (Å²) in [5, 5.41) is 4.57. The molecule has 0 radical (unpaired) electrons. The fourth-order valence-corrected chi connectivity index (χ4v) is 5.29. The van der Waals surface area contributed by atoms with Gasteiger partial charge in [-0.05, 0) is 63.9 Å². The van der Waals surface area contributed by atoms with E-state index in [1.165, 1.54) is 20.6 Å². The second kappa shape index (κ2) is 12.5. The molecule has 0 aliphatic carbocycles. The fourth-order valence-electron chi connectivity index (χ4n) is 4.20. The Balaban J connectivity index is 1.50. The van der Waals surface area contributed by atoms with E-state index in [1.807, 2.05) is 53.7 Å². The van der Waals surface area contributed by atoms with Crippen molar-refractivity contribution in [2.45, 2.75) is 74.0 Å². The molecule has 9 nitrogen and oxygen atoms in total. The lowest BCUT2D eigenvalue weighted by Gasteiger charge is -2.17. The number of aromatic nitrogens is 5. The van der Waals surface area contributed by atoms with E-state index in [0.29, 0.717) is 45.5 Å². The van der Waals surface area contributed by atoms with E-state index in [9.17, 15) is 14.4 Å². The van der Waals surface area contributed by atoms with Crippen LogP contribution in [0.2, 0.25) is 4.34 Å². The lowest BCUT2D eigenvalue weighted by Crippen LogP contribution is -2.29. The molecule has 0 saturated carbocycles. The number of esters is 1. The van der Waals surface area contributed by atoms with Crippen molar-refractivity contribution in [1.82, 2.24) is 24.3 Å². The molecule has 0 aromatic carbocycles. The van der Waals surface area contributed by atoms with Gasteiger partial charge in [0.15, 0.2) is 0 Å². The van der Waals surface area contributed by atoms with Gasteiger partial charge in [-0.1, -0.05) is 32.4 Å². The summed E-state index contributed by atoms with van der Waals surface area (Å²) >= 11 is 7.58. The van der Waals surface area contributed by atoms with E-state index in [0.717, 1.165) is 16.3 Å². The van der Waals surface area contributed by atoms with Crippen LogP contribution in [-0.2, 0) is 35.5 Å². The minimum atomic E-state index is -0.664. The number of hydrogen-bond donors (Lipinski definition) is 0. The molecule has 0 aliphatic rings. The molecule has 0 saturated heterocycles. The van der Waals surface area contributed by atoms with Crippen molar-refractivity contribution >= 4 is 34.8 Å². The van der Waals surface area contributed by atoms with Crippen LogP contribution in [0.5, 0.6) is 0 Å². The second-order valence-electron chi connectivity index (χ2n) is 11.0. The maximum atomic E-state index is 13.4. The highest BCUT2D eigenvalue weighted by Gasteiger charge is 2.27. The van der Waals surface area contributed by atoms with Crippen LogP contribution in [0.25, 0.3) is 11.3 Å². The van der Waals surface area contributed by atoms with Crippen molar-refractivity contribution in [3.63, 3.8) is 0 Å². The first-order valence-electron chi connectivity index (χ1n) is 13.4. The molecule has 0 aliphatic heterocycles. The third-order valence-electron chi connectivity index (χ3n) is 6.68. The van der Waals surface area contributed by atoms with Crippen molar-refractivity contribution in [3.8, 4) is 11.3 Å². The Kier molecular flexibility index (Phi) is 9.24. The smallest absolute Gasteiger partial charge is 0.307 e. The van der Waals surface area contributed by atoms with E-state index in [2.05, 4.69) is 15.1 Å². The summed E-state index contributed by atoms with van der Waals surface area (Å²) in [5.74, 6) is -0.608. The Morgan fingerprint density at radius 3 is 2.44 bits per heavy atom. The number of rotatable bonds is 9. The van der Waals surface area contributed by atoms with Crippen molar-refractivity contribution < 1.29 is 14.3 Å². The Morgan fingerprint density at radius 1 is 1.02 bits per heavy atom. The van der Waals surface area contributed by atoms with Gasteiger partial charge in [-0.25, -0.2) is 4.68 Å². The summed E-state index contributed by atoms with van der Waals surface area (Å²) in [6.07, 6.45) is 2.88. The first-order valence-corrected chi connectivity index (χ1v) is 14.6. The van der Waals surface area contributed by atoms with Crippen LogP contribution in [0, 0.1) is 26.2 Å². The first-order chi connectivity index (χ1) is 19.3. The van der Waals surface area contributed by atoms with Crippen molar-refractivity contribution in [3.05, 3.63) is 84.6 Å². The van der Waals surface area contributed by atoms with Gasteiger partial charge in [-0.15, -0.1) is 11.3 Å². The van der Waals surface area contributed by atoms with Crippen LogP contribution in [0.4, 0.5) is 0 Å². The Bertz CT molecular complexity index is 1650. The van der Waals surface area contributed by atoms with Crippen LogP contribution in [0.3, 0.4) is 0 Å². The predicted octanol–water partition coefficient (Wildman–Crippen LogP) is 5.75. The molecule has 4 aromatic rings. The molecule has 0 spiro atoms. The van der Waals surface area contributed by atoms with Crippen LogP contribution >= 0.6 is 22.9 Å². The summed E-state index contributed by atoms with van der Waals surface area (Å²) < 4.78 is 8.98. The zero-order chi connectivity index (χ0) is 29.9. The Labute approximate surface area is 248 Å². The predicted molar refractivity (Wildman–Crippen MR) is 159 cm³/mol. The van der Waals surface area contributed by atoms with Gasteiger partial charge in [-0.3, -0.25) is 24.4 Å². The molecule has 41 heavy (non-hydrogen) atoms. The summed E-state index contributed by atoms with van der Waals surface area (Å²) in [6.45, 7) is 11.2. The maximum Gasteiger partial charge on any atom is 0.307 e. The molecule has 0 bridgehead atoms. The molecule has 4 rings (SSSR count). The van der Waals surface area contributed by atoms with Gasteiger partial charge in [0.1, 0.15) is 6.61 Å². The monoisotopic (exact) mass is 595 g/mol. The molecule has 0 unspecified atom stereocenters. The molecule has 0 amide bonds. The highest BCUT2D eigenvalue weighted by atomic mass is 35.5. The second-order valence-corrected chi connectivity index (χ2v) is 12.8. The SMILES string of the molecule is Cc1nc(C)c(COC(=O)CCn2cccc(-c3cc(CCc4ccc(Cl)s4)n(C(=O)C(C)(C)C)n3)c2=O)nc1C. The molecule has 0 atom stereocenters. The van der Waals surface area contributed by atoms with Crippen molar-refractivity contribution in [2.75, 3.05) is 0 Å². The van der Waals surface area contributed by atoms with E-state index < -0.39 is 11.4 Å². The normalized spacial score (nSPS) is 11.6. The number of carbonyl (C=O) groups is 2. The Hall–Kier alpha value is -3.63. The largest absolute Gasteiger partial charge is 0.459 e. The molecule has 4 aromatic heterocycles. The van der Waals surface area contributed by atoms with E-state index in [1.54, 1.807) is 24.4 Å². The number of halogens is 1. The van der Waals surface area contributed by atoms with Crippen LogP contribution in [0.1, 0.15) is 65.3 Å². The average molecular weight is 596 g/mol. The Morgan fingerprint density at radius 2 is 1.76 bits per heavy atom. The van der Waals surface area contributed by atoms with Gasteiger partial charge in [-0.2, -0.15) is 5.10 Å².